The van der Waals surface area contributed by atoms with Crippen molar-refractivity contribution in [2.75, 3.05) is 33.7 Å². The van der Waals surface area contributed by atoms with Crippen molar-refractivity contribution in [3.63, 3.8) is 0 Å². The van der Waals surface area contributed by atoms with Crippen LogP contribution >= 0.6 is 0 Å². The third-order valence-electron chi connectivity index (χ3n) is 2.81. The lowest BCUT2D eigenvalue weighted by molar-refractivity contribution is -0.132. The van der Waals surface area contributed by atoms with Crippen LogP contribution in [0.5, 0.6) is 0 Å². The maximum Gasteiger partial charge on any atom is 0.358 e. The van der Waals surface area contributed by atoms with Crippen molar-refractivity contribution in [3.8, 4) is 0 Å². The number of carboxylic acid groups (broad SMARTS) is 1. The SMILES string of the molecule is CC(C)CN(CCN(C)C)C(=O)Cn1cc(C(=O)O)nn1. The van der Waals surface area contributed by atoms with Crippen LogP contribution in [0.15, 0.2) is 6.20 Å². The number of likely N-dealkylation sites (N-methyl/N-ethyl adjacent to an activating group) is 1. The van der Waals surface area contributed by atoms with E-state index < -0.39 is 5.97 Å². The first-order valence-corrected chi connectivity index (χ1v) is 6.85. The monoisotopic (exact) mass is 297 g/mol. The number of hydrogen-bond donors (Lipinski definition) is 1. The number of aromatic nitrogens is 3. The smallest absolute Gasteiger partial charge is 0.358 e. The van der Waals surface area contributed by atoms with Gasteiger partial charge in [0, 0.05) is 19.6 Å². The summed E-state index contributed by atoms with van der Waals surface area (Å²) in [6.07, 6.45) is 1.26. The summed E-state index contributed by atoms with van der Waals surface area (Å²) in [7, 11) is 3.91. The predicted molar refractivity (Wildman–Crippen MR) is 77.0 cm³/mol. The number of amides is 1. The second-order valence-electron chi connectivity index (χ2n) is 5.64. The Bertz CT molecular complexity index is 484. The van der Waals surface area contributed by atoms with Gasteiger partial charge in [0.25, 0.3) is 0 Å². The van der Waals surface area contributed by atoms with E-state index in [2.05, 4.69) is 10.3 Å². The molecule has 0 aliphatic carbocycles. The van der Waals surface area contributed by atoms with Gasteiger partial charge >= 0.3 is 5.97 Å². The third kappa shape index (κ3) is 5.90. The molecule has 0 radical (unpaired) electrons. The van der Waals surface area contributed by atoms with Crippen molar-refractivity contribution in [2.24, 2.45) is 5.92 Å². The minimum absolute atomic E-state index is 0.000425. The summed E-state index contributed by atoms with van der Waals surface area (Å²) >= 11 is 0. The van der Waals surface area contributed by atoms with E-state index in [1.165, 1.54) is 10.9 Å². The first-order chi connectivity index (χ1) is 9.79. The largest absolute Gasteiger partial charge is 0.476 e. The van der Waals surface area contributed by atoms with Gasteiger partial charge in [-0.25, -0.2) is 9.48 Å². The van der Waals surface area contributed by atoms with E-state index in [4.69, 9.17) is 5.11 Å². The highest BCUT2D eigenvalue weighted by atomic mass is 16.4. The Morgan fingerprint density at radius 3 is 2.48 bits per heavy atom. The first kappa shape index (κ1) is 17.1. The van der Waals surface area contributed by atoms with E-state index in [-0.39, 0.29) is 18.1 Å². The van der Waals surface area contributed by atoms with Crippen LogP contribution in [-0.2, 0) is 11.3 Å². The topological polar surface area (TPSA) is 91.6 Å². The zero-order valence-electron chi connectivity index (χ0n) is 13.0. The number of carbonyl (C=O) groups excluding carboxylic acids is 1. The summed E-state index contributed by atoms with van der Waals surface area (Å²) in [5.41, 5.74) is -0.161. The van der Waals surface area contributed by atoms with E-state index in [9.17, 15) is 9.59 Å². The van der Waals surface area contributed by atoms with Crippen molar-refractivity contribution < 1.29 is 14.7 Å². The van der Waals surface area contributed by atoms with Crippen molar-refractivity contribution in [3.05, 3.63) is 11.9 Å². The van der Waals surface area contributed by atoms with Crippen LogP contribution < -0.4 is 0 Å². The molecule has 1 aromatic heterocycles. The summed E-state index contributed by atoms with van der Waals surface area (Å²) in [6, 6.07) is 0. The number of hydrogen-bond acceptors (Lipinski definition) is 5. The molecule has 0 spiro atoms. The molecule has 0 atom stereocenters. The normalized spacial score (nSPS) is 11.1. The lowest BCUT2D eigenvalue weighted by Crippen LogP contribution is -2.40. The number of aromatic carboxylic acids is 1. The quantitative estimate of drug-likeness (QED) is 0.727. The Morgan fingerprint density at radius 1 is 1.33 bits per heavy atom. The number of nitrogens with zero attached hydrogens (tertiary/aromatic N) is 5. The van der Waals surface area contributed by atoms with Crippen LogP contribution in [-0.4, -0.2) is 75.5 Å². The van der Waals surface area contributed by atoms with Crippen LogP contribution in [0, 0.1) is 5.92 Å². The molecule has 0 bridgehead atoms. The molecule has 0 unspecified atom stereocenters. The minimum atomic E-state index is -1.15. The van der Waals surface area contributed by atoms with Gasteiger partial charge in [0.15, 0.2) is 5.69 Å². The summed E-state index contributed by atoms with van der Waals surface area (Å²) < 4.78 is 1.26. The fourth-order valence-corrected chi connectivity index (χ4v) is 1.79. The zero-order chi connectivity index (χ0) is 16.0. The Kier molecular flexibility index (Phi) is 6.29. The second-order valence-corrected chi connectivity index (χ2v) is 5.64. The summed E-state index contributed by atoms with van der Waals surface area (Å²) in [6.45, 7) is 6.16. The van der Waals surface area contributed by atoms with Gasteiger partial charge in [0.1, 0.15) is 6.54 Å². The van der Waals surface area contributed by atoms with Gasteiger partial charge in [-0.2, -0.15) is 0 Å². The molecule has 21 heavy (non-hydrogen) atoms. The maximum absolute atomic E-state index is 12.3. The van der Waals surface area contributed by atoms with Gasteiger partial charge in [-0.15, -0.1) is 5.10 Å². The molecule has 0 aliphatic rings. The van der Waals surface area contributed by atoms with Crippen LogP contribution in [0.3, 0.4) is 0 Å². The van der Waals surface area contributed by atoms with Crippen molar-refractivity contribution in [1.82, 2.24) is 24.8 Å². The molecule has 1 rings (SSSR count). The van der Waals surface area contributed by atoms with Crippen LogP contribution in [0.1, 0.15) is 24.3 Å². The standard InChI is InChI=1S/C13H23N5O3/c1-10(2)7-17(6-5-16(3)4)12(19)9-18-8-11(13(20)21)14-15-18/h8,10H,5-7,9H2,1-4H3,(H,20,21). The van der Waals surface area contributed by atoms with Gasteiger partial charge in [0.05, 0.1) is 6.20 Å². The fourth-order valence-electron chi connectivity index (χ4n) is 1.79. The molecular weight excluding hydrogens is 274 g/mol. The summed E-state index contributed by atoms with van der Waals surface area (Å²) in [5.74, 6) is -0.880. The first-order valence-electron chi connectivity index (χ1n) is 6.85. The fraction of sp³-hybridized carbons (Fsp3) is 0.692. The Hall–Kier alpha value is -1.96. The van der Waals surface area contributed by atoms with Crippen molar-refractivity contribution in [1.29, 1.82) is 0 Å². The van der Waals surface area contributed by atoms with Crippen LogP contribution in [0.2, 0.25) is 0 Å². The highest BCUT2D eigenvalue weighted by Gasteiger charge is 2.17. The lowest BCUT2D eigenvalue weighted by Gasteiger charge is -2.26. The van der Waals surface area contributed by atoms with Gasteiger partial charge in [-0.1, -0.05) is 19.1 Å². The second kappa shape index (κ2) is 7.72. The van der Waals surface area contributed by atoms with Gasteiger partial charge in [-0.05, 0) is 20.0 Å². The minimum Gasteiger partial charge on any atom is -0.476 e. The third-order valence-corrected chi connectivity index (χ3v) is 2.81. The Balaban J connectivity index is 2.67. The molecule has 1 aromatic rings. The number of rotatable bonds is 8. The van der Waals surface area contributed by atoms with Crippen molar-refractivity contribution >= 4 is 11.9 Å². The molecule has 1 N–H and O–H groups in total. The van der Waals surface area contributed by atoms with E-state index in [0.29, 0.717) is 19.0 Å². The van der Waals surface area contributed by atoms with Crippen LogP contribution in [0.25, 0.3) is 0 Å². The summed E-state index contributed by atoms with van der Waals surface area (Å²) in [4.78, 5) is 26.8. The van der Waals surface area contributed by atoms with Gasteiger partial charge in [0.2, 0.25) is 5.91 Å². The van der Waals surface area contributed by atoms with Gasteiger partial charge < -0.3 is 14.9 Å². The number of carbonyl (C=O) groups is 2. The Labute approximate surface area is 124 Å². The zero-order valence-corrected chi connectivity index (χ0v) is 13.0. The van der Waals surface area contributed by atoms with E-state index in [0.717, 1.165) is 6.54 Å². The predicted octanol–water partition coefficient (Wildman–Crippen LogP) is 0.0225. The molecule has 0 fully saturated rings. The summed E-state index contributed by atoms with van der Waals surface area (Å²) in [5, 5.41) is 15.9. The molecule has 1 amide bonds. The van der Waals surface area contributed by atoms with Crippen molar-refractivity contribution in [2.45, 2.75) is 20.4 Å². The van der Waals surface area contributed by atoms with E-state index in [1.54, 1.807) is 4.90 Å². The molecular formula is C13H23N5O3. The van der Waals surface area contributed by atoms with E-state index in [1.807, 2.05) is 32.8 Å². The average Bonchev–Trinajstić information content (AvgIpc) is 2.82. The lowest BCUT2D eigenvalue weighted by atomic mass is 10.2. The molecule has 118 valence electrons. The molecule has 0 aliphatic heterocycles. The average molecular weight is 297 g/mol. The highest BCUT2D eigenvalue weighted by molar-refractivity contribution is 5.84. The molecule has 0 aromatic carbocycles. The van der Waals surface area contributed by atoms with Crippen LogP contribution in [0.4, 0.5) is 0 Å². The van der Waals surface area contributed by atoms with Gasteiger partial charge in [-0.3, -0.25) is 4.79 Å². The molecule has 1 heterocycles. The highest BCUT2D eigenvalue weighted by Crippen LogP contribution is 2.02. The van der Waals surface area contributed by atoms with E-state index >= 15 is 0 Å². The Morgan fingerprint density at radius 2 is 2.00 bits per heavy atom. The molecule has 8 nitrogen and oxygen atoms in total. The molecule has 0 saturated carbocycles. The molecule has 8 heteroatoms. The molecule has 0 saturated heterocycles. The number of carboxylic acids is 1. The maximum atomic E-state index is 12.3.